The van der Waals surface area contributed by atoms with Crippen molar-refractivity contribution in [2.24, 2.45) is 5.92 Å². The fourth-order valence-electron chi connectivity index (χ4n) is 3.71. The Labute approximate surface area is 178 Å². The van der Waals surface area contributed by atoms with E-state index in [1.165, 1.54) is 41.1 Å². The number of piperidine rings is 1. The molecule has 0 atom stereocenters. The predicted octanol–water partition coefficient (Wildman–Crippen LogP) is 3.04. The van der Waals surface area contributed by atoms with E-state index in [0.717, 1.165) is 5.56 Å². The van der Waals surface area contributed by atoms with E-state index in [1.807, 2.05) is 4.90 Å². The lowest BCUT2D eigenvalue weighted by Gasteiger charge is -2.32. The normalized spacial score (nSPS) is 14.5. The molecule has 1 fully saturated rings. The van der Waals surface area contributed by atoms with Gasteiger partial charge in [0.1, 0.15) is 17.5 Å². The Hall–Kier alpha value is -3.55. The SMILES string of the molecule is O=C(NCc1cccc(F)c1)C1CCN(c2ccc(=O)n(-c3cccc(F)c3)n2)CC1. The minimum Gasteiger partial charge on any atom is -0.355 e. The Balaban J connectivity index is 1.38. The largest absolute Gasteiger partial charge is 0.355 e. The summed E-state index contributed by atoms with van der Waals surface area (Å²) in [7, 11) is 0. The molecule has 0 aliphatic carbocycles. The summed E-state index contributed by atoms with van der Waals surface area (Å²) in [6.45, 7) is 1.50. The quantitative estimate of drug-likeness (QED) is 0.684. The van der Waals surface area contributed by atoms with Gasteiger partial charge in [0.15, 0.2) is 0 Å². The molecule has 6 nitrogen and oxygen atoms in total. The van der Waals surface area contributed by atoms with Gasteiger partial charge in [-0.1, -0.05) is 18.2 Å². The Kier molecular flexibility index (Phi) is 6.06. The number of amides is 1. The molecule has 1 saturated heterocycles. The first kappa shape index (κ1) is 20.7. The van der Waals surface area contributed by atoms with E-state index in [0.29, 0.717) is 37.4 Å². The van der Waals surface area contributed by atoms with Crippen LogP contribution < -0.4 is 15.8 Å². The monoisotopic (exact) mass is 424 g/mol. The Morgan fingerprint density at radius 3 is 2.42 bits per heavy atom. The number of nitrogens with one attached hydrogen (secondary N) is 1. The molecule has 2 aromatic carbocycles. The Morgan fingerprint density at radius 1 is 1.00 bits per heavy atom. The minimum atomic E-state index is -0.443. The van der Waals surface area contributed by atoms with Crippen molar-refractivity contribution >= 4 is 11.7 Å². The maximum Gasteiger partial charge on any atom is 0.271 e. The number of halogens is 2. The summed E-state index contributed by atoms with van der Waals surface area (Å²) in [5.41, 5.74) is 0.731. The minimum absolute atomic E-state index is 0.0541. The van der Waals surface area contributed by atoms with Crippen molar-refractivity contribution in [3.05, 3.63) is 88.2 Å². The van der Waals surface area contributed by atoms with Gasteiger partial charge < -0.3 is 10.2 Å². The fourth-order valence-corrected chi connectivity index (χ4v) is 3.71. The second-order valence-electron chi connectivity index (χ2n) is 7.53. The maximum atomic E-state index is 13.5. The summed E-state index contributed by atoms with van der Waals surface area (Å²) >= 11 is 0. The fraction of sp³-hybridized carbons (Fsp3) is 0.261. The number of benzene rings is 2. The molecule has 0 bridgehead atoms. The van der Waals surface area contributed by atoms with Gasteiger partial charge in [0.2, 0.25) is 5.91 Å². The van der Waals surface area contributed by atoms with Gasteiger partial charge >= 0.3 is 0 Å². The molecule has 1 amide bonds. The van der Waals surface area contributed by atoms with Crippen LogP contribution in [0, 0.1) is 17.6 Å². The summed E-state index contributed by atoms with van der Waals surface area (Å²) in [4.78, 5) is 26.7. The highest BCUT2D eigenvalue weighted by Gasteiger charge is 2.26. The van der Waals surface area contributed by atoms with Gasteiger partial charge in [0.05, 0.1) is 5.69 Å². The number of rotatable bonds is 5. The van der Waals surface area contributed by atoms with Crippen LogP contribution in [0.3, 0.4) is 0 Å². The van der Waals surface area contributed by atoms with E-state index in [4.69, 9.17) is 0 Å². The van der Waals surface area contributed by atoms with Gasteiger partial charge in [-0.2, -0.15) is 4.68 Å². The molecular formula is C23H22F2N4O2. The highest BCUT2D eigenvalue weighted by molar-refractivity contribution is 5.79. The number of anilines is 1. The second kappa shape index (κ2) is 9.07. The zero-order chi connectivity index (χ0) is 21.8. The smallest absolute Gasteiger partial charge is 0.271 e. The maximum absolute atomic E-state index is 13.5. The number of hydrogen-bond acceptors (Lipinski definition) is 4. The van der Waals surface area contributed by atoms with Gasteiger partial charge in [0, 0.05) is 31.6 Å². The van der Waals surface area contributed by atoms with Crippen LogP contribution >= 0.6 is 0 Å². The molecule has 1 aliphatic rings. The molecule has 2 heterocycles. The zero-order valence-electron chi connectivity index (χ0n) is 16.8. The summed E-state index contributed by atoms with van der Waals surface area (Å²) in [6.07, 6.45) is 1.27. The van der Waals surface area contributed by atoms with E-state index < -0.39 is 5.82 Å². The van der Waals surface area contributed by atoms with Crippen molar-refractivity contribution in [3.63, 3.8) is 0 Å². The lowest BCUT2D eigenvalue weighted by atomic mass is 9.96. The van der Waals surface area contributed by atoms with Crippen LogP contribution in [-0.2, 0) is 11.3 Å². The average molecular weight is 424 g/mol. The molecule has 160 valence electrons. The van der Waals surface area contributed by atoms with Crippen molar-refractivity contribution in [1.82, 2.24) is 15.1 Å². The molecule has 3 aromatic rings. The van der Waals surface area contributed by atoms with Crippen LogP contribution in [0.25, 0.3) is 5.69 Å². The third-order valence-corrected chi connectivity index (χ3v) is 5.38. The average Bonchev–Trinajstić information content (AvgIpc) is 2.78. The molecule has 8 heteroatoms. The van der Waals surface area contributed by atoms with E-state index >= 15 is 0 Å². The van der Waals surface area contributed by atoms with Gasteiger partial charge in [-0.05, 0) is 54.8 Å². The topological polar surface area (TPSA) is 67.2 Å². The van der Waals surface area contributed by atoms with Crippen molar-refractivity contribution in [2.75, 3.05) is 18.0 Å². The first-order valence-electron chi connectivity index (χ1n) is 10.1. The summed E-state index contributed by atoms with van der Waals surface area (Å²) in [6, 6.07) is 14.9. The Bertz CT molecular complexity index is 1140. The third kappa shape index (κ3) is 4.96. The predicted molar refractivity (Wildman–Crippen MR) is 113 cm³/mol. The van der Waals surface area contributed by atoms with Crippen LogP contribution in [0.5, 0.6) is 0 Å². The molecule has 4 rings (SSSR count). The van der Waals surface area contributed by atoms with Crippen LogP contribution in [-0.4, -0.2) is 28.8 Å². The number of carbonyl (C=O) groups excluding carboxylic acids is 1. The second-order valence-corrected chi connectivity index (χ2v) is 7.53. The van der Waals surface area contributed by atoms with Crippen LogP contribution in [0.15, 0.2) is 65.5 Å². The number of carbonyl (C=O) groups is 1. The van der Waals surface area contributed by atoms with Gasteiger partial charge in [-0.15, -0.1) is 5.10 Å². The van der Waals surface area contributed by atoms with Crippen molar-refractivity contribution in [2.45, 2.75) is 19.4 Å². The summed E-state index contributed by atoms with van der Waals surface area (Å²) < 4.78 is 28.0. The number of hydrogen-bond donors (Lipinski definition) is 1. The highest BCUT2D eigenvalue weighted by atomic mass is 19.1. The first-order valence-corrected chi connectivity index (χ1v) is 10.1. The molecule has 1 N–H and O–H groups in total. The molecule has 1 aromatic heterocycles. The molecule has 0 radical (unpaired) electrons. The van der Waals surface area contributed by atoms with Crippen LogP contribution in [0.2, 0.25) is 0 Å². The van der Waals surface area contributed by atoms with Crippen LogP contribution in [0.4, 0.5) is 14.6 Å². The molecular weight excluding hydrogens is 402 g/mol. The van der Waals surface area contributed by atoms with Gasteiger partial charge in [-0.25, -0.2) is 8.78 Å². The standard InChI is InChI=1S/C23H22F2N4O2/c24-18-4-1-3-16(13-18)15-26-23(31)17-9-11-28(12-10-17)21-7-8-22(30)29(27-21)20-6-2-5-19(25)14-20/h1-8,13-14,17H,9-12,15H2,(H,26,31). The van der Waals surface area contributed by atoms with E-state index in [2.05, 4.69) is 10.4 Å². The molecule has 1 aliphatic heterocycles. The van der Waals surface area contributed by atoms with Crippen LogP contribution in [0.1, 0.15) is 18.4 Å². The first-order chi connectivity index (χ1) is 15.0. The summed E-state index contributed by atoms with van der Waals surface area (Å²) in [5.74, 6) is -0.364. The lowest BCUT2D eigenvalue weighted by molar-refractivity contribution is -0.125. The number of aromatic nitrogens is 2. The van der Waals surface area contributed by atoms with Gasteiger partial charge in [0.25, 0.3) is 5.56 Å². The highest BCUT2D eigenvalue weighted by Crippen LogP contribution is 2.22. The molecule has 0 saturated carbocycles. The molecule has 31 heavy (non-hydrogen) atoms. The zero-order valence-corrected chi connectivity index (χ0v) is 16.8. The van der Waals surface area contributed by atoms with Crippen molar-refractivity contribution in [1.29, 1.82) is 0 Å². The van der Waals surface area contributed by atoms with E-state index in [9.17, 15) is 18.4 Å². The van der Waals surface area contributed by atoms with Crippen molar-refractivity contribution < 1.29 is 13.6 Å². The molecule has 0 spiro atoms. The van der Waals surface area contributed by atoms with Gasteiger partial charge in [-0.3, -0.25) is 9.59 Å². The number of nitrogens with zero attached hydrogens (tertiary/aromatic N) is 3. The lowest BCUT2D eigenvalue weighted by Crippen LogP contribution is -2.41. The summed E-state index contributed by atoms with van der Waals surface area (Å²) in [5, 5.41) is 7.26. The van der Waals surface area contributed by atoms with E-state index in [-0.39, 0.29) is 29.7 Å². The third-order valence-electron chi connectivity index (χ3n) is 5.38. The molecule has 0 unspecified atom stereocenters. The Morgan fingerprint density at radius 2 is 1.71 bits per heavy atom. The van der Waals surface area contributed by atoms with Crippen molar-refractivity contribution in [3.8, 4) is 5.69 Å². The van der Waals surface area contributed by atoms with E-state index in [1.54, 1.807) is 24.3 Å².